The van der Waals surface area contributed by atoms with Crippen molar-refractivity contribution in [2.75, 3.05) is 26.4 Å². The van der Waals surface area contributed by atoms with Crippen molar-refractivity contribution in [2.45, 2.75) is 73.7 Å². The van der Waals surface area contributed by atoms with Crippen LogP contribution in [0.25, 0.3) is 0 Å². The molecule has 47 heavy (non-hydrogen) atoms. The van der Waals surface area contributed by atoms with Gasteiger partial charge < -0.3 is 30.8 Å². The molecular weight excluding hydrogens is 834 g/mol. The van der Waals surface area contributed by atoms with Gasteiger partial charge in [0.25, 0.3) is 11.9 Å². The maximum Gasteiger partial charge on any atom is 0.315 e. The summed E-state index contributed by atoms with van der Waals surface area (Å²) in [6, 6.07) is 7.18. The van der Waals surface area contributed by atoms with Crippen molar-refractivity contribution in [1.29, 1.82) is 5.26 Å². The first kappa shape index (κ1) is 39.5. The summed E-state index contributed by atoms with van der Waals surface area (Å²) in [6.07, 6.45) is -0.576. The Hall–Kier alpha value is -1.94. The topological polar surface area (TPSA) is 136 Å². The molecule has 2 atom stereocenters. The highest BCUT2D eigenvalue weighted by molar-refractivity contribution is 9.12. The fraction of sp³-hybridized carbons (Fsp3) is 0.533. The Morgan fingerprint density at radius 3 is 1.94 bits per heavy atom. The second kappa shape index (κ2) is 14.9. The van der Waals surface area contributed by atoms with Gasteiger partial charge in [0.1, 0.15) is 27.8 Å². The number of halogens is 9. The van der Waals surface area contributed by atoms with E-state index in [9.17, 15) is 22.7 Å². The van der Waals surface area contributed by atoms with Crippen LogP contribution in [0.3, 0.4) is 0 Å². The van der Waals surface area contributed by atoms with Crippen molar-refractivity contribution >= 4 is 53.8 Å². The van der Waals surface area contributed by atoms with Gasteiger partial charge in [-0.2, -0.15) is 14.0 Å². The number of amidine groups is 1. The average Bonchev–Trinajstić information content (AvgIpc) is 3.00. The van der Waals surface area contributed by atoms with E-state index in [1.807, 2.05) is 0 Å². The maximum atomic E-state index is 15.4. The molecule has 0 radical (unpaired) electrons. The quantitative estimate of drug-likeness (QED) is 0.279. The number of ether oxygens (including phenoxy) is 3. The van der Waals surface area contributed by atoms with Gasteiger partial charge in [-0.05, 0) is 50.2 Å². The number of aliphatic imine (C=N–C) groups is 1. The van der Waals surface area contributed by atoms with Gasteiger partial charge in [-0.25, -0.2) is 22.6 Å². The summed E-state index contributed by atoms with van der Waals surface area (Å²) in [5.41, 5.74) is 2.22. The fourth-order valence-electron chi connectivity index (χ4n) is 5.81. The largest absolute Gasteiger partial charge is 0.452 e. The lowest BCUT2D eigenvalue weighted by molar-refractivity contribution is -0.247. The van der Waals surface area contributed by atoms with Crippen molar-refractivity contribution in [1.82, 2.24) is 0 Å². The molecule has 3 aliphatic rings. The number of aliphatic hydroxyl groups is 1. The van der Waals surface area contributed by atoms with Gasteiger partial charge in [0.2, 0.25) is 0 Å². The molecular formula is C30H33Br3F6N4O4. The predicted molar refractivity (Wildman–Crippen MR) is 172 cm³/mol. The average molecular weight is 867 g/mol. The minimum Gasteiger partial charge on any atom is -0.452 e. The molecule has 17 heteroatoms. The number of hydrogen-bond acceptors (Lipinski definition) is 8. The standard InChI is InChI=1S/C15H16BrF3N2O2.C14H17BrF3NO2.CBrN/c1-13(10-8-9(16)2-3-11(10)17)15(18,19)14(23-12(20)21-13)4-6-22-7-5-14;1-12(19,10-8-9(15)2-3-11(10)16)14(17,18)13(20)4-6-21-7-5-13;2-1-3/h2-3,8H,4-7H2,1H3,(H2,20,21);2-3,8,20H,4-7,19H2,1H3;. The Morgan fingerprint density at radius 1 is 0.936 bits per heavy atom. The first-order chi connectivity index (χ1) is 21.7. The summed E-state index contributed by atoms with van der Waals surface area (Å²) >= 11 is 8.75. The third-order valence-electron chi connectivity index (χ3n) is 8.62. The van der Waals surface area contributed by atoms with Crippen LogP contribution >= 0.6 is 47.8 Å². The van der Waals surface area contributed by atoms with E-state index in [-0.39, 0.29) is 69.3 Å². The molecule has 0 amide bonds. The second-order valence-corrected chi connectivity index (χ2v) is 13.7. The lowest BCUT2D eigenvalue weighted by Crippen LogP contribution is -2.66. The minimum atomic E-state index is -3.72. The first-order valence-electron chi connectivity index (χ1n) is 14.1. The van der Waals surface area contributed by atoms with E-state index in [0.29, 0.717) is 8.95 Å². The molecule has 0 saturated carbocycles. The van der Waals surface area contributed by atoms with Crippen LogP contribution in [0.1, 0.15) is 50.7 Å². The van der Waals surface area contributed by atoms with Crippen molar-refractivity contribution in [3.63, 3.8) is 0 Å². The summed E-state index contributed by atoms with van der Waals surface area (Å²) in [5, 5.41) is 17.5. The van der Waals surface area contributed by atoms with Gasteiger partial charge in [0, 0.05) is 74.9 Å². The third-order valence-corrected chi connectivity index (χ3v) is 9.60. The molecule has 5 N–H and O–H groups in total. The molecule has 5 rings (SSSR count). The highest BCUT2D eigenvalue weighted by Gasteiger charge is 2.70. The van der Waals surface area contributed by atoms with Crippen LogP contribution in [0, 0.1) is 21.9 Å². The molecule has 3 heterocycles. The van der Waals surface area contributed by atoms with Gasteiger partial charge in [0.15, 0.2) is 11.1 Å². The van der Waals surface area contributed by atoms with Crippen LogP contribution in [0.15, 0.2) is 50.3 Å². The van der Waals surface area contributed by atoms with Gasteiger partial charge in [0.05, 0.1) is 13.2 Å². The maximum absolute atomic E-state index is 15.4. The zero-order chi connectivity index (χ0) is 35.5. The lowest BCUT2D eigenvalue weighted by atomic mass is 9.72. The summed E-state index contributed by atoms with van der Waals surface area (Å²) in [5.74, 6) is -8.78. The van der Waals surface area contributed by atoms with E-state index in [2.05, 4.69) is 52.8 Å². The number of benzene rings is 2. The number of rotatable bonds is 4. The number of hydrogen-bond donors (Lipinski definition) is 3. The number of nitrogens with two attached hydrogens (primary N) is 2. The van der Waals surface area contributed by atoms with Gasteiger partial charge in [-0.1, -0.05) is 31.9 Å². The van der Waals surface area contributed by atoms with Crippen molar-refractivity contribution in [3.8, 4) is 4.98 Å². The van der Waals surface area contributed by atoms with Crippen LogP contribution in [0.5, 0.6) is 0 Å². The Bertz CT molecular complexity index is 1500. The molecule has 2 saturated heterocycles. The number of nitriles is 1. The Kier molecular flexibility index (Phi) is 12.5. The normalized spacial score (nSPS) is 24.1. The van der Waals surface area contributed by atoms with Gasteiger partial charge in [-0.3, -0.25) is 0 Å². The van der Waals surface area contributed by atoms with Crippen LogP contribution in [-0.4, -0.2) is 60.6 Å². The molecule has 3 aliphatic heterocycles. The highest BCUT2D eigenvalue weighted by atomic mass is 79.9. The number of alkyl halides is 4. The van der Waals surface area contributed by atoms with E-state index < -0.39 is 45.8 Å². The zero-order valence-corrected chi connectivity index (χ0v) is 30.0. The Morgan fingerprint density at radius 2 is 1.40 bits per heavy atom. The second-order valence-electron chi connectivity index (χ2n) is 11.6. The first-order valence-corrected chi connectivity index (χ1v) is 16.5. The molecule has 8 nitrogen and oxygen atoms in total. The van der Waals surface area contributed by atoms with Crippen molar-refractivity contribution in [2.24, 2.45) is 16.5 Å². The summed E-state index contributed by atoms with van der Waals surface area (Å²) in [6.45, 7) is 2.50. The van der Waals surface area contributed by atoms with Crippen LogP contribution in [-0.2, 0) is 25.3 Å². The molecule has 2 aromatic rings. The lowest BCUT2D eigenvalue weighted by Gasteiger charge is -2.51. The molecule has 0 aromatic heterocycles. The summed E-state index contributed by atoms with van der Waals surface area (Å²) < 4.78 is 105. The van der Waals surface area contributed by atoms with E-state index in [1.54, 1.807) is 4.98 Å². The monoisotopic (exact) mass is 864 g/mol. The van der Waals surface area contributed by atoms with E-state index >= 15 is 8.78 Å². The molecule has 2 unspecified atom stereocenters. The van der Waals surface area contributed by atoms with Crippen LogP contribution in [0.2, 0.25) is 0 Å². The van der Waals surface area contributed by atoms with Crippen LogP contribution < -0.4 is 11.5 Å². The van der Waals surface area contributed by atoms with Gasteiger partial charge >= 0.3 is 5.92 Å². The Labute approximate surface area is 293 Å². The van der Waals surface area contributed by atoms with Crippen molar-refractivity contribution in [3.05, 3.63) is 68.1 Å². The van der Waals surface area contributed by atoms with E-state index in [0.717, 1.165) is 19.1 Å². The van der Waals surface area contributed by atoms with E-state index in [4.69, 9.17) is 30.9 Å². The molecule has 0 aliphatic carbocycles. The minimum absolute atomic E-state index is 0.0170. The van der Waals surface area contributed by atoms with Gasteiger partial charge in [-0.15, -0.1) is 0 Å². The highest BCUT2D eigenvalue weighted by Crippen LogP contribution is 2.55. The van der Waals surface area contributed by atoms with Crippen LogP contribution in [0.4, 0.5) is 26.3 Å². The predicted octanol–water partition coefficient (Wildman–Crippen LogP) is 7.13. The SMILES string of the molecule is CC(N)(c1cc(Br)ccc1F)C(F)(F)C1(O)CCOCC1.CC1(c2cc(Br)ccc2F)N=C(N)OC2(CCOCC2)C1(F)F.N#CBr. The number of nitrogens with zero attached hydrogens (tertiary/aromatic N) is 2. The summed E-state index contributed by atoms with van der Waals surface area (Å²) in [7, 11) is 0. The molecule has 1 spiro atoms. The van der Waals surface area contributed by atoms with Crippen molar-refractivity contribution < 1.29 is 45.7 Å². The molecule has 0 bridgehead atoms. The molecule has 2 fully saturated rings. The smallest absolute Gasteiger partial charge is 0.315 e. The zero-order valence-electron chi connectivity index (χ0n) is 25.2. The van der Waals surface area contributed by atoms with E-state index in [1.165, 1.54) is 31.2 Å². The fourth-order valence-corrected chi connectivity index (χ4v) is 6.53. The molecule has 260 valence electrons. The Balaban J connectivity index is 0.000000237. The molecule has 2 aromatic carbocycles. The third kappa shape index (κ3) is 7.48. The summed E-state index contributed by atoms with van der Waals surface area (Å²) in [4.78, 5) is 5.37.